The van der Waals surface area contributed by atoms with E-state index in [1.165, 1.54) is 81.0 Å². The number of aromatic nitrogens is 1. The minimum Gasteiger partial charge on any atom is -0.261 e. The first-order valence-corrected chi connectivity index (χ1v) is 9.90. The van der Waals surface area contributed by atoms with Crippen molar-refractivity contribution >= 4 is 0 Å². The van der Waals surface area contributed by atoms with Crippen molar-refractivity contribution in [1.29, 1.82) is 0 Å². The number of hydrogen-bond donors (Lipinski definition) is 0. The molecule has 0 aliphatic rings. The van der Waals surface area contributed by atoms with Crippen LogP contribution in [0.1, 0.15) is 76.8 Å². The van der Waals surface area contributed by atoms with E-state index < -0.39 is 0 Å². The van der Waals surface area contributed by atoms with Gasteiger partial charge in [-0.2, -0.15) is 0 Å². The summed E-state index contributed by atoms with van der Waals surface area (Å²) in [5.74, 6) is 0. The maximum Gasteiger partial charge on any atom is 0.0409 e. The summed E-state index contributed by atoms with van der Waals surface area (Å²) in [5, 5.41) is 0. The molecule has 1 nitrogen and oxygen atoms in total. The van der Waals surface area contributed by atoms with E-state index >= 15 is 0 Å². The van der Waals surface area contributed by atoms with Crippen molar-refractivity contribution in [3.8, 4) is 11.1 Å². The van der Waals surface area contributed by atoms with E-state index in [0.29, 0.717) is 0 Å². The van der Waals surface area contributed by atoms with E-state index in [-0.39, 0.29) is 0 Å². The van der Waals surface area contributed by atoms with E-state index in [4.69, 9.17) is 0 Å². The summed E-state index contributed by atoms with van der Waals surface area (Å²) in [6, 6.07) is 14.9. The van der Waals surface area contributed by atoms with Gasteiger partial charge in [-0.05, 0) is 36.1 Å². The summed E-state index contributed by atoms with van der Waals surface area (Å²) in [4.78, 5) is 4.54. The van der Waals surface area contributed by atoms with Gasteiger partial charge in [0.05, 0.1) is 0 Å². The molecular weight excluding hydrogens is 290 g/mol. The smallest absolute Gasteiger partial charge is 0.0409 e. The van der Waals surface area contributed by atoms with Crippen molar-refractivity contribution in [2.45, 2.75) is 77.6 Å². The van der Waals surface area contributed by atoms with Gasteiger partial charge in [0.15, 0.2) is 0 Å². The third-order valence-electron chi connectivity index (χ3n) is 4.71. The van der Waals surface area contributed by atoms with Crippen molar-refractivity contribution in [1.82, 2.24) is 4.98 Å². The summed E-state index contributed by atoms with van der Waals surface area (Å²) >= 11 is 0. The normalized spacial score (nSPS) is 10.9. The highest BCUT2D eigenvalue weighted by atomic mass is 14.7. The lowest BCUT2D eigenvalue weighted by Crippen LogP contribution is -1.91. The van der Waals surface area contributed by atoms with Gasteiger partial charge in [-0.25, -0.2) is 0 Å². The largest absolute Gasteiger partial charge is 0.261 e. The molecule has 1 aromatic carbocycles. The lowest BCUT2D eigenvalue weighted by atomic mass is 10.0. The molecule has 1 heterocycles. The lowest BCUT2D eigenvalue weighted by molar-refractivity contribution is 0.555. The van der Waals surface area contributed by atoms with Gasteiger partial charge in [0, 0.05) is 11.9 Å². The first-order valence-electron chi connectivity index (χ1n) is 9.90. The SMILES string of the molecule is CCCCCCCCCCCCc1cc(-c2ccccc2)ccn1. The van der Waals surface area contributed by atoms with E-state index in [2.05, 4.69) is 54.4 Å². The fraction of sp³-hybridized carbons (Fsp3) is 0.522. The second-order valence-corrected chi connectivity index (χ2v) is 6.83. The number of unbranched alkanes of at least 4 members (excludes halogenated alkanes) is 9. The number of aryl methyl sites for hydroxylation is 1. The molecule has 0 saturated heterocycles. The molecule has 130 valence electrons. The van der Waals surface area contributed by atoms with Crippen LogP contribution in [0, 0.1) is 0 Å². The Morgan fingerprint density at radius 3 is 1.96 bits per heavy atom. The number of pyridine rings is 1. The van der Waals surface area contributed by atoms with Crippen molar-refractivity contribution in [3.05, 3.63) is 54.4 Å². The van der Waals surface area contributed by atoms with Gasteiger partial charge in [-0.1, -0.05) is 95.0 Å². The average Bonchev–Trinajstić information content (AvgIpc) is 2.64. The Bertz CT molecular complexity index is 547. The summed E-state index contributed by atoms with van der Waals surface area (Å²) in [6.45, 7) is 2.28. The van der Waals surface area contributed by atoms with Crippen LogP contribution in [0.3, 0.4) is 0 Å². The standard InChI is InChI=1S/C23H33N/c1-2-3-4-5-6-7-8-9-10-14-17-23-20-22(18-19-24-23)21-15-12-11-13-16-21/h11-13,15-16,18-20H,2-10,14,17H2,1H3. The van der Waals surface area contributed by atoms with E-state index in [1.807, 2.05) is 6.20 Å². The molecule has 0 N–H and O–H groups in total. The van der Waals surface area contributed by atoms with E-state index in [9.17, 15) is 0 Å². The lowest BCUT2D eigenvalue weighted by Gasteiger charge is -2.05. The minimum atomic E-state index is 1.11. The molecular formula is C23H33N. The van der Waals surface area contributed by atoms with Crippen molar-refractivity contribution in [2.75, 3.05) is 0 Å². The molecule has 0 bridgehead atoms. The molecule has 0 aliphatic carbocycles. The Morgan fingerprint density at radius 1 is 0.667 bits per heavy atom. The van der Waals surface area contributed by atoms with Gasteiger partial charge in [0.25, 0.3) is 0 Å². The zero-order valence-electron chi connectivity index (χ0n) is 15.3. The Morgan fingerprint density at radius 2 is 1.29 bits per heavy atom. The molecule has 0 radical (unpaired) electrons. The molecule has 2 rings (SSSR count). The first kappa shape index (κ1) is 18.7. The van der Waals surface area contributed by atoms with Gasteiger partial charge in [0.1, 0.15) is 0 Å². The number of nitrogens with zero attached hydrogens (tertiary/aromatic N) is 1. The predicted octanol–water partition coefficient (Wildman–Crippen LogP) is 7.21. The zero-order valence-corrected chi connectivity index (χ0v) is 15.3. The average molecular weight is 324 g/mol. The van der Waals surface area contributed by atoms with Crippen molar-refractivity contribution in [3.63, 3.8) is 0 Å². The second kappa shape index (κ2) is 11.8. The van der Waals surface area contributed by atoms with E-state index in [0.717, 1.165) is 6.42 Å². The first-order chi connectivity index (χ1) is 11.9. The monoisotopic (exact) mass is 323 g/mol. The van der Waals surface area contributed by atoms with Crippen molar-refractivity contribution < 1.29 is 0 Å². The molecule has 0 amide bonds. The van der Waals surface area contributed by atoms with Gasteiger partial charge in [-0.15, -0.1) is 0 Å². The quantitative estimate of drug-likeness (QED) is 0.376. The maximum atomic E-state index is 4.54. The fourth-order valence-electron chi connectivity index (χ4n) is 3.22. The van der Waals surface area contributed by atoms with Crippen LogP contribution in [0.25, 0.3) is 11.1 Å². The van der Waals surface area contributed by atoms with Crippen LogP contribution >= 0.6 is 0 Å². The second-order valence-electron chi connectivity index (χ2n) is 6.83. The van der Waals surface area contributed by atoms with Crippen LogP contribution in [-0.4, -0.2) is 4.98 Å². The predicted molar refractivity (Wildman–Crippen MR) is 105 cm³/mol. The van der Waals surface area contributed by atoms with Gasteiger partial charge in [-0.3, -0.25) is 4.98 Å². The molecule has 1 aromatic heterocycles. The summed E-state index contributed by atoms with van der Waals surface area (Å²) in [5.41, 5.74) is 3.80. The summed E-state index contributed by atoms with van der Waals surface area (Å²) < 4.78 is 0. The van der Waals surface area contributed by atoms with Gasteiger partial charge in [0.2, 0.25) is 0 Å². The molecule has 0 aliphatic heterocycles. The van der Waals surface area contributed by atoms with Gasteiger partial charge >= 0.3 is 0 Å². The van der Waals surface area contributed by atoms with Gasteiger partial charge < -0.3 is 0 Å². The molecule has 0 spiro atoms. The molecule has 1 heteroatoms. The Balaban J connectivity index is 1.60. The topological polar surface area (TPSA) is 12.9 Å². The Kier molecular flexibility index (Phi) is 9.23. The fourth-order valence-corrected chi connectivity index (χ4v) is 3.22. The zero-order chi connectivity index (χ0) is 16.9. The van der Waals surface area contributed by atoms with Crippen LogP contribution in [0.15, 0.2) is 48.7 Å². The summed E-state index contributed by atoms with van der Waals surface area (Å²) in [7, 11) is 0. The number of hydrogen-bond acceptors (Lipinski definition) is 1. The van der Waals surface area contributed by atoms with Crippen molar-refractivity contribution in [2.24, 2.45) is 0 Å². The summed E-state index contributed by atoms with van der Waals surface area (Å²) in [6.07, 6.45) is 16.9. The highest BCUT2D eigenvalue weighted by Gasteiger charge is 2.00. The minimum absolute atomic E-state index is 1.11. The third-order valence-corrected chi connectivity index (χ3v) is 4.71. The maximum absolute atomic E-state index is 4.54. The highest BCUT2D eigenvalue weighted by Crippen LogP contribution is 2.20. The Hall–Kier alpha value is -1.63. The molecule has 0 fully saturated rings. The molecule has 24 heavy (non-hydrogen) atoms. The molecule has 2 aromatic rings. The van der Waals surface area contributed by atoms with Crippen LogP contribution < -0.4 is 0 Å². The van der Waals surface area contributed by atoms with Crippen LogP contribution in [0.5, 0.6) is 0 Å². The Labute approximate surface area is 148 Å². The highest BCUT2D eigenvalue weighted by molar-refractivity contribution is 5.63. The molecule has 0 unspecified atom stereocenters. The number of rotatable bonds is 12. The number of benzene rings is 1. The molecule has 0 atom stereocenters. The van der Waals surface area contributed by atoms with Crippen LogP contribution in [0.4, 0.5) is 0 Å². The molecule has 0 saturated carbocycles. The van der Waals surface area contributed by atoms with E-state index in [1.54, 1.807) is 0 Å². The van der Waals surface area contributed by atoms with Crippen LogP contribution in [0.2, 0.25) is 0 Å². The van der Waals surface area contributed by atoms with Crippen LogP contribution in [-0.2, 0) is 6.42 Å². The third kappa shape index (κ3) is 7.29.